The summed E-state index contributed by atoms with van der Waals surface area (Å²) in [6, 6.07) is 8.72. The molecule has 0 aliphatic heterocycles. The molecule has 0 unspecified atom stereocenters. The van der Waals surface area contributed by atoms with Gasteiger partial charge in [0.1, 0.15) is 11.3 Å². The first-order valence-electron chi connectivity index (χ1n) is 15.2. The van der Waals surface area contributed by atoms with Gasteiger partial charge in [-0.15, -0.1) is 0 Å². The number of benzene rings is 2. The number of fused-ring (bicyclic) bond motifs is 3. The Kier molecular flexibility index (Phi) is 8.65. The summed E-state index contributed by atoms with van der Waals surface area (Å²) in [5.41, 5.74) is 3.50. The summed E-state index contributed by atoms with van der Waals surface area (Å²) in [6.45, 7) is 7.64. The van der Waals surface area contributed by atoms with Crippen LogP contribution in [0, 0.1) is 5.92 Å². The topological polar surface area (TPSA) is 60.0 Å². The third kappa shape index (κ3) is 6.82. The number of hydrogen-bond donors (Lipinski definition) is 1. The van der Waals surface area contributed by atoms with Crippen molar-refractivity contribution in [2.75, 3.05) is 12.3 Å². The fourth-order valence-electron chi connectivity index (χ4n) is 5.88. The Morgan fingerprint density at radius 1 is 0.955 bits per heavy atom. The minimum atomic E-state index is -5.02. The lowest BCUT2D eigenvalue weighted by Gasteiger charge is -2.36. The number of anilines is 1. The predicted octanol–water partition coefficient (Wildman–Crippen LogP) is 9.00. The van der Waals surface area contributed by atoms with Crippen LogP contribution >= 0.6 is 0 Å². The molecule has 11 heteroatoms. The molecule has 1 saturated carbocycles. The number of pyridine rings is 1. The number of halogens is 6. The molecule has 0 radical (unpaired) electrons. The molecule has 2 N–H and O–H groups in total. The van der Waals surface area contributed by atoms with Gasteiger partial charge in [0, 0.05) is 23.9 Å². The van der Waals surface area contributed by atoms with Crippen LogP contribution in [0.4, 0.5) is 32.2 Å². The normalized spacial score (nSPS) is 14.8. The van der Waals surface area contributed by atoms with Crippen molar-refractivity contribution < 1.29 is 26.3 Å². The third-order valence-corrected chi connectivity index (χ3v) is 8.51. The molecule has 44 heavy (non-hydrogen) atoms. The van der Waals surface area contributed by atoms with Gasteiger partial charge in [-0.3, -0.25) is 4.90 Å². The van der Waals surface area contributed by atoms with E-state index in [0.29, 0.717) is 47.5 Å². The molecule has 0 atom stereocenters. The molecular weight excluding hydrogens is 580 g/mol. The van der Waals surface area contributed by atoms with Gasteiger partial charge in [0.15, 0.2) is 5.82 Å². The Hall–Kier alpha value is -3.34. The third-order valence-electron chi connectivity index (χ3n) is 8.51. The first kappa shape index (κ1) is 32.1. The standard InChI is InChI=1S/C33H39F6N5/c1-5-6-11-27-42-28-29(22-9-7-8-10-26(22)41-30(28)40)44(27)19-23-24(32(34,35)36)16-21(17-25(23)33(37,38)39)18-43(31(2,3)4)15-14-20-12-13-20/h7-10,16-17,20H,5-6,11-15,18-19H2,1-4H3,(H2,40,41). The van der Waals surface area contributed by atoms with Crippen LogP contribution in [-0.4, -0.2) is 31.5 Å². The number of alkyl halides is 6. The quantitative estimate of drug-likeness (QED) is 0.180. The molecule has 1 aliphatic carbocycles. The lowest BCUT2D eigenvalue weighted by Crippen LogP contribution is -2.41. The maximum atomic E-state index is 14.8. The van der Waals surface area contributed by atoms with Crippen LogP contribution in [0.1, 0.15) is 87.9 Å². The molecule has 0 amide bonds. The molecular formula is C33H39F6N5. The van der Waals surface area contributed by atoms with E-state index in [4.69, 9.17) is 5.73 Å². The number of unbranched alkanes of at least 4 members (excludes halogenated alkanes) is 1. The van der Waals surface area contributed by atoms with E-state index in [1.54, 1.807) is 24.3 Å². The molecule has 5 nitrogen and oxygen atoms in total. The van der Waals surface area contributed by atoms with Crippen molar-refractivity contribution >= 4 is 27.8 Å². The van der Waals surface area contributed by atoms with Gasteiger partial charge in [-0.05, 0) is 75.4 Å². The Morgan fingerprint density at radius 2 is 1.59 bits per heavy atom. The number of hydrogen-bond acceptors (Lipinski definition) is 4. The summed E-state index contributed by atoms with van der Waals surface area (Å²) in [5.74, 6) is 1.02. The minimum absolute atomic E-state index is 0.0142. The smallest absolute Gasteiger partial charge is 0.382 e. The maximum Gasteiger partial charge on any atom is 0.416 e. The van der Waals surface area contributed by atoms with E-state index in [-0.39, 0.29) is 23.4 Å². The Bertz CT molecular complexity index is 1610. The van der Waals surface area contributed by atoms with Gasteiger partial charge in [-0.2, -0.15) is 26.3 Å². The molecule has 0 bridgehead atoms. The highest BCUT2D eigenvalue weighted by molar-refractivity contribution is 6.06. The Balaban J connectivity index is 1.70. The van der Waals surface area contributed by atoms with Crippen LogP contribution in [0.15, 0.2) is 36.4 Å². The van der Waals surface area contributed by atoms with Gasteiger partial charge >= 0.3 is 12.4 Å². The summed E-state index contributed by atoms with van der Waals surface area (Å²) in [7, 11) is 0. The molecule has 1 fully saturated rings. The van der Waals surface area contributed by atoms with Crippen LogP contribution < -0.4 is 5.73 Å². The van der Waals surface area contributed by atoms with Gasteiger partial charge in [0.2, 0.25) is 0 Å². The molecule has 1 aliphatic rings. The predicted molar refractivity (Wildman–Crippen MR) is 161 cm³/mol. The summed E-state index contributed by atoms with van der Waals surface area (Å²) < 4.78 is 90.0. The van der Waals surface area contributed by atoms with Crippen molar-refractivity contribution in [3.05, 3.63) is 64.5 Å². The number of nitrogens with zero attached hydrogens (tertiary/aromatic N) is 4. The van der Waals surface area contributed by atoms with Gasteiger partial charge in [0.25, 0.3) is 0 Å². The average molecular weight is 620 g/mol. The number of nitrogen functional groups attached to an aromatic ring is 1. The zero-order chi connectivity index (χ0) is 32.0. The number of nitrogens with two attached hydrogens (primary N) is 1. The monoisotopic (exact) mass is 619 g/mol. The van der Waals surface area contributed by atoms with Crippen LogP contribution in [0.2, 0.25) is 0 Å². The van der Waals surface area contributed by atoms with Crippen LogP contribution in [-0.2, 0) is 31.9 Å². The minimum Gasteiger partial charge on any atom is -0.382 e. The lowest BCUT2D eigenvalue weighted by atomic mass is 9.94. The van der Waals surface area contributed by atoms with E-state index in [1.807, 2.05) is 32.6 Å². The molecule has 0 spiro atoms. The second-order valence-electron chi connectivity index (χ2n) is 12.9. The van der Waals surface area contributed by atoms with Gasteiger partial charge in [-0.1, -0.05) is 44.4 Å². The SMILES string of the molecule is CCCCc1nc2c(N)nc3ccccc3c2n1Cc1c(C(F)(F)F)cc(CN(CCC2CC2)C(C)(C)C)cc1C(F)(F)F. The number of aryl methyl sites for hydroxylation is 1. The largest absolute Gasteiger partial charge is 0.416 e. The molecule has 0 saturated heterocycles. The summed E-state index contributed by atoms with van der Waals surface area (Å²) >= 11 is 0. The van der Waals surface area contributed by atoms with Gasteiger partial charge < -0.3 is 10.3 Å². The van der Waals surface area contributed by atoms with E-state index < -0.39 is 41.1 Å². The number of aromatic nitrogens is 3. The first-order valence-corrected chi connectivity index (χ1v) is 15.2. The highest BCUT2D eigenvalue weighted by atomic mass is 19.4. The summed E-state index contributed by atoms with van der Waals surface area (Å²) in [4.78, 5) is 11.0. The lowest BCUT2D eigenvalue weighted by molar-refractivity contribution is -0.144. The van der Waals surface area contributed by atoms with E-state index in [1.165, 1.54) is 4.57 Å². The molecule has 5 rings (SSSR count). The van der Waals surface area contributed by atoms with Crippen LogP contribution in [0.25, 0.3) is 21.9 Å². The summed E-state index contributed by atoms with van der Waals surface area (Å²) in [6.07, 6.45) is -5.17. The van der Waals surface area contributed by atoms with Crippen molar-refractivity contribution in [2.45, 2.75) is 97.2 Å². The van der Waals surface area contributed by atoms with Crippen molar-refractivity contribution in [1.29, 1.82) is 0 Å². The Labute approximate surface area is 253 Å². The number of imidazole rings is 1. The average Bonchev–Trinajstić information content (AvgIpc) is 3.68. The molecule has 238 valence electrons. The Morgan fingerprint density at radius 3 is 2.16 bits per heavy atom. The maximum absolute atomic E-state index is 14.8. The highest BCUT2D eigenvalue weighted by Crippen LogP contribution is 2.42. The molecule has 2 heterocycles. The molecule has 2 aromatic heterocycles. The second-order valence-corrected chi connectivity index (χ2v) is 12.9. The van der Waals surface area contributed by atoms with Gasteiger partial charge in [-0.25, -0.2) is 9.97 Å². The fraction of sp³-hybridized carbons (Fsp3) is 0.515. The summed E-state index contributed by atoms with van der Waals surface area (Å²) in [5, 5.41) is 0.558. The van der Waals surface area contributed by atoms with Crippen LogP contribution in [0.3, 0.4) is 0 Å². The van der Waals surface area contributed by atoms with E-state index in [2.05, 4.69) is 9.97 Å². The van der Waals surface area contributed by atoms with E-state index in [0.717, 1.165) is 37.8 Å². The molecule has 4 aromatic rings. The second kappa shape index (κ2) is 11.9. The number of para-hydroxylation sites is 1. The van der Waals surface area contributed by atoms with E-state index >= 15 is 0 Å². The zero-order valence-corrected chi connectivity index (χ0v) is 25.5. The van der Waals surface area contributed by atoms with Crippen molar-refractivity contribution in [3.63, 3.8) is 0 Å². The number of rotatable bonds is 10. The molecule has 2 aromatic carbocycles. The van der Waals surface area contributed by atoms with Crippen molar-refractivity contribution in [2.24, 2.45) is 5.92 Å². The highest BCUT2D eigenvalue weighted by Gasteiger charge is 2.42. The van der Waals surface area contributed by atoms with E-state index in [9.17, 15) is 26.3 Å². The van der Waals surface area contributed by atoms with Crippen molar-refractivity contribution in [1.82, 2.24) is 19.4 Å². The fourth-order valence-corrected chi connectivity index (χ4v) is 5.88. The zero-order valence-electron chi connectivity index (χ0n) is 25.5. The first-order chi connectivity index (χ1) is 20.6. The van der Waals surface area contributed by atoms with Crippen LogP contribution in [0.5, 0.6) is 0 Å². The van der Waals surface area contributed by atoms with Crippen molar-refractivity contribution in [3.8, 4) is 0 Å². The van der Waals surface area contributed by atoms with Gasteiger partial charge in [0.05, 0.1) is 28.7 Å².